The molecule has 0 radical (unpaired) electrons. The molecule has 1 N–H and O–H groups in total. The van der Waals surface area contributed by atoms with Crippen molar-refractivity contribution >= 4 is 17.2 Å². The van der Waals surface area contributed by atoms with Crippen molar-refractivity contribution in [2.24, 2.45) is 0 Å². The molecule has 6 heteroatoms. The highest BCUT2D eigenvalue weighted by atomic mass is 32.1. The molecule has 2 aromatic rings. The molecule has 2 rings (SSSR count). The summed E-state index contributed by atoms with van der Waals surface area (Å²) in [4.78, 5) is 19.0. The van der Waals surface area contributed by atoms with Crippen LogP contribution >= 0.6 is 11.3 Å². The lowest BCUT2D eigenvalue weighted by Gasteiger charge is -2.15. The van der Waals surface area contributed by atoms with E-state index >= 15 is 0 Å². The second-order valence-electron chi connectivity index (χ2n) is 5.07. The monoisotopic (exact) mass is 328 g/mol. The zero-order chi connectivity index (χ0) is 16.7. The van der Waals surface area contributed by atoms with Crippen LogP contribution in [-0.4, -0.2) is 28.9 Å². The highest BCUT2D eigenvalue weighted by Crippen LogP contribution is 2.12. The molecule has 23 heavy (non-hydrogen) atoms. The highest BCUT2D eigenvalue weighted by Gasteiger charge is 2.09. The Hall–Kier alpha value is -2.23. The minimum atomic E-state index is -0.192. The fraction of sp³-hybridized carbons (Fsp3) is 0.353. The number of rotatable bonds is 7. The molecule has 0 unspecified atom stereocenters. The van der Waals surface area contributed by atoms with E-state index in [-0.39, 0.29) is 5.91 Å². The number of benzene rings is 1. The van der Waals surface area contributed by atoms with Crippen LogP contribution in [-0.2, 0) is 13.1 Å². The van der Waals surface area contributed by atoms with Crippen molar-refractivity contribution in [2.75, 3.05) is 13.1 Å². The summed E-state index contributed by atoms with van der Waals surface area (Å²) in [6.45, 7) is 7.49. The topological polar surface area (TPSA) is 69.0 Å². The standard InChI is InChI=1S/C17H20N4OS/c1-3-21(4-2)11-15-12-23-16(20-15)10-19-17(22)14-7-5-6-13(8-14)9-18/h5-8,12H,3-4,10-11H2,1-2H3,(H,19,22). The van der Waals surface area contributed by atoms with Gasteiger partial charge in [-0.15, -0.1) is 11.3 Å². The van der Waals surface area contributed by atoms with E-state index in [9.17, 15) is 4.79 Å². The molecular formula is C17H20N4OS. The number of hydrogen-bond donors (Lipinski definition) is 1. The van der Waals surface area contributed by atoms with E-state index in [1.165, 1.54) is 0 Å². The molecule has 5 nitrogen and oxygen atoms in total. The first kappa shape index (κ1) is 17.1. The number of nitriles is 1. The van der Waals surface area contributed by atoms with Crippen LogP contribution in [0.1, 0.15) is 40.5 Å². The zero-order valence-corrected chi connectivity index (χ0v) is 14.2. The predicted molar refractivity (Wildman–Crippen MR) is 91.1 cm³/mol. The molecule has 0 atom stereocenters. The lowest BCUT2D eigenvalue weighted by atomic mass is 10.1. The second kappa shape index (κ2) is 8.42. The Bertz CT molecular complexity index is 701. The van der Waals surface area contributed by atoms with Crippen LogP contribution in [0.25, 0.3) is 0 Å². The molecule has 1 heterocycles. The van der Waals surface area contributed by atoms with Gasteiger partial charge in [0, 0.05) is 17.5 Å². The first-order valence-corrected chi connectivity index (χ1v) is 8.48. The molecule has 0 spiro atoms. The number of thiazole rings is 1. The maximum Gasteiger partial charge on any atom is 0.251 e. The van der Waals surface area contributed by atoms with Crippen molar-refractivity contribution in [3.63, 3.8) is 0 Å². The lowest BCUT2D eigenvalue weighted by molar-refractivity contribution is 0.0951. The highest BCUT2D eigenvalue weighted by molar-refractivity contribution is 7.09. The third-order valence-electron chi connectivity index (χ3n) is 3.53. The van der Waals surface area contributed by atoms with Gasteiger partial charge in [-0.25, -0.2) is 4.98 Å². The van der Waals surface area contributed by atoms with E-state index in [1.54, 1.807) is 35.6 Å². The normalized spacial score (nSPS) is 10.5. The number of amides is 1. The van der Waals surface area contributed by atoms with Crippen LogP contribution < -0.4 is 5.32 Å². The molecule has 0 saturated carbocycles. The van der Waals surface area contributed by atoms with Crippen molar-refractivity contribution in [1.82, 2.24) is 15.2 Å². The average molecular weight is 328 g/mol. The summed E-state index contributed by atoms with van der Waals surface area (Å²) >= 11 is 1.55. The second-order valence-corrected chi connectivity index (χ2v) is 6.01. The Morgan fingerprint density at radius 2 is 2.17 bits per heavy atom. The third kappa shape index (κ3) is 4.88. The van der Waals surface area contributed by atoms with E-state index in [0.717, 1.165) is 30.3 Å². The number of carbonyl (C=O) groups is 1. The van der Waals surface area contributed by atoms with Crippen molar-refractivity contribution < 1.29 is 4.79 Å². The summed E-state index contributed by atoms with van der Waals surface area (Å²) < 4.78 is 0. The van der Waals surface area contributed by atoms with Crippen molar-refractivity contribution in [2.45, 2.75) is 26.9 Å². The van der Waals surface area contributed by atoms with Crippen LogP contribution in [0, 0.1) is 11.3 Å². The summed E-state index contributed by atoms with van der Waals surface area (Å²) in [6, 6.07) is 8.70. The number of aromatic nitrogens is 1. The van der Waals surface area contributed by atoms with Gasteiger partial charge in [0.25, 0.3) is 5.91 Å². The molecule has 0 aliphatic carbocycles. The molecule has 1 amide bonds. The summed E-state index contributed by atoms with van der Waals surface area (Å²) in [7, 11) is 0. The number of nitrogens with one attached hydrogen (secondary N) is 1. The fourth-order valence-electron chi connectivity index (χ4n) is 2.17. The first-order valence-electron chi connectivity index (χ1n) is 7.60. The van der Waals surface area contributed by atoms with Crippen molar-refractivity contribution in [1.29, 1.82) is 5.26 Å². The molecule has 0 fully saturated rings. The minimum absolute atomic E-state index is 0.192. The van der Waals surface area contributed by atoms with E-state index in [4.69, 9.17) is 5.26 Å². The Morgan fingerprint density at radius 1 is 1.39 bits per heavy atom. The van der Waals surface area contributed by atoms with Crippen LogP contribution in [0.5, 0.6) is 0 Å². The maximum absolute atomic E-state index is 12.1. The summed E-state index contributed by atoms with van der Waals surface area (Å²) in [6.07, 6.45) is 0. The lowest BCUT2D eigenvalue weighted by Crippen LogP contribution is -2.23. The van der Waals surface area contributed by atoms with Gasteiger partial charge in [-0.05, 0) is 31.3 Å². The SMILES string of the molecule is CCN(CC)Cc1csc(CNC(=O)c2cccc(C#N)c2)n1. The Kier molecular flexibility index (Phi) is 6.27. The van der Waals surface area contributed by atoms with Gasteiger partial charge in [-0.2, -0.15) is 5.26 Å². The molecule has 0 bridgehead atoms. The fourth-order valence-corrected chi connectivity index (χ4v) is 2.89. The summed E-state index contributed by atoms with van der Waals surface area (Å²) in [5.41, 5.74) is 2.01. The summed E-state index contributed by atoms with van der Waals surface area (Å²) in [5, 5.41) is 14.6. The van der Waals surface area contributed by atoms with Gasteiger partial charge in [0.2, 0.25) is 0 Å². The smallest absolute Gasteiger partial charge is 0.251 e. The quantitative estimate of drug-likeness (QED) is 0.848. The Labute approximate surface area is 140 Å². The van der Waals surface area contributed by atoms with Crippen LogP contribution in [0.3, 0.4) is 0 Å². The number of carbonyl (C=O) groups excluding carboxylic acids is 1. The molecule has 120 valence electrons. The van der Waals surface area contributed by atoms with Crippen LogP contribution in [0.15, 0.2) is 29.6 Å². The van der Waals surface area contributed by atoms with Gasteiger partial charge in [0.05, 0.1) is 23.9 Å². The van der Waals surface area contributed by atoms with Gasteiger partial charge in [-0.3, -0.25) is 9.69 Å². The Balaban J connectivity index is 1.92. The maximum atomic E-state index is 12.1. The van der Waals surface area contributed by atoms with Gasteiger partial charge < -0.3 is 5.32 Å². The minimum Gasteiger partial charge on any atom is -0.346 e. The van der Waals surface area contributed by atoms with Gasteiger partial charge in [0.15, 0.2) is 0 Å². The molecular weight excluding hydrogens is 308 g/mol. The molecule has 1 aromatic carbocycles. The van der Waals surface area contributed by atoms with Crippen LogP contribution in [0.4, 0.5) is 0 Å². The van der Waals surface area contributed by atoms with Crippen molar-refractivity contribution in [3.8, 4) is 6.07 Å². The summed E-state index contributed by atoms with van der Waals surface area (Å²) in [5.74, 6) is -0.192. The van der Waals surface area contributed by atoms with Crippen LogP contribution in [0.2, 0.25) is 0 Å². The molecule has 0 aliphatic heterocycles. The van der Waals surface area contributed by atoms with E-state index in [0.29, 0.717) is 17.7 Å². The predicted octanol–water partition coefficient (Wildman–Crippen LogP) is 2.79. The van der Waals surface area contributed by atoms with Crippen molar-refractivity contribution in [3.05, 3.63) is 51.5 Å². The molecule has 1 aromatic heterocycles. The number of hydrogen-bond acceptors (Lipinski definition) is 5. The number of nitrogens with zero attached hydrogens (tertiary/aromatic N) is 3. The van der Waals surface area contributed by atoms with Gasteiger partial charge >= 0.3 is 0 Å². The zero-order valence-electron chi connectivity index (χ0n) is 13.4. The van der Waals surface area contributed by atoms with E-state index in [1.807, 2.05) is 11.4 Å². The average Bonchev–Trinajstić information content (AvgIpc) is 3.05. The van der Waals surface area contributed by atoms with E-state index in [2.05, 4.69) is 29.0 Å². The van der Waals surface area contributed by atoms with Gasteiger partial charge in [-0.1, -0.05) is 19.9 Å². The van der Waals surface area contributed by atoms with Gasteiger partial charge in [0.1, 0.15) is 5.01 Å². The molecule has 0 saturated heterocycles. The molecule has 0 aliphatic rings. The largest absolute Gasteiger partial charge is 0.346 e. The first-order chi connectivity index (χ1) is 11.2. The third-order valence-corrected chi connectivity index (χ3v) is 4.43. The van der Waals surface area contributed by atoms with E-state index < -0.39 is 0 Å². The Morgan fingerprint density at radius 3 is 2.87 bits per heavy atom.